The molecule has 2 unspecified atom stereocenters. The lowest BCUT2D eigenvalue weighted by Crippen LogP contribution is -2.41. The predicted molar refractivity (Wildman–Crippen MR) is 87.0 cm³/mol. The number of halogens is 1. The van der Waals surface area contributed by atoms with Crippen molar-refractivity contribution < 1.29 is 8.42 Å². The van der Waals surface area contributed by atoms with Crippen LogP contribution >= 0.6 is 11.6 Å². The molecule has 118 valence electrons. The van der Waals surface area contributed by atoms with Crippen LogP contribution in [0.5, 0.6) is 0 Å². The number of rotatable bonds is 4. The van der Waals surface area contributed by atoms with E-state index in [1.165, 1.54) is 12.5 Å². The Bertz CT molecular complexity index is 593. The average Bonchev–Trinajstić information content (AvgIpc) is 2.44. The number of anilines is 1. The highest BCUT2D eigenvalue weighted by molar-refractivity contribution is 7.89. The second kappa shape index (κ2) is 6.55. The van der Waals surface area contributed by atoms with Gasteiger partial charge in [0.2, 0.25) is 10.0 Å². The highest BCUT2D eigenvalue weighted by Crippen LogP contribution is 2.30. The van der Waals surface area contributed by atoms with Gasteiger partial charge in [-0.15, -0.1) is 0 Å². The van der Waals surface area contributed by atoms with Gasteiger partial charge in [0.15, 0.2) is 0 Å². The van der Waals surface area contributed by atoms with E-state index in [2.05, 4.69) is 11.6 Å². The highest BCUT2D eigenvalue weighted by Gasteiger charge is 2.28. The lowest BCUT2D eigenvalue weighted by molar-refractivity contribution is 0.282. The van der Waals surface area contributed by atoms with Crippen LogP contribution in [0, 0.1) is 12.8 Å². The average molecular weight is 331 g/mol. The number of benzene rings is 1. The molecule has 0 heterocycles. The quantitative estimate of drug-likeness (QED) is 0.830. The summed E-state index contributed by atoms with van der Waals surface area (Å²) in [5.41, 5.74) is 6.75. The summed E-state index contributed by atoms with van der Waals surface area (Å²) >= 11 is 6.00. The number of sulfonamides is 1. The Balaban J connectivity index is 2.26. The van der Waals surface area contributed by atoms with Crippen LogP contribution in [0.25, 0.3) is 0 Å². The van der Waals surface area contributed by atoms with E-state index in [4.69, 9.17) is 17.3 Å². The molecule has 6 heteroatoms. The molecular weight excluding hydrogens is 308 g/mol. The first-order valence-corrected chi connectivity index (χ1v) is 9.29. The molecule has 1 fully saturated rings. The number of nitrogens with one attached hydrogen (secondary N) is 1. The van der Waals surface area contributed by atoms with Crippen molar-refractivity contribution in [2.24, 2.45) is 5.92 Å². The zero-order valence-corrected chi connectivity index (χ0v) is 14.1. The molecule has 2 rings (SSSR count). The van der Waals surface area contributed by atoms with Crippen LogP contribution in [0.2, 0.25) is 5.02 Å². The molecule has 0 amide bonds. The van der Waals surface area contributed by atoms with E-state index in [1.807, 2.05) is 0 Å². The zero-order valence-electron chi connectivity index (χ0n) is 12.5. The SMILES string of the molecule is CCC1CCCCC1NS(=O)(=O)c1cc(C)c(Cl)c(N)c1. The van der Waals surface area contributed by atoms with Crippen LogP contribution < -0.4 is 10.5 Å². The first-order valence-electron chi connectivity index (χ1n) is 7.43. The van der Waals surface area contributed by atoms with Gasteiger partial charge in [0.1, 0.15) is 0 Å². The molecule has 1 aromatic rings. The molecule has 1 aliphatic carbocycles. The number of nitrogens with two attached hydrogens (primary N) is 1. The van der Waals surface area contributed by atoms with Gasteiger partial charge in [0, 0.05) is 6.04 Å². The molecule has 0 aliphatic heterocycles. The molecule has 0 aromatic heterocycles. The largest absolute Gasteiger partial charge is 0.397 e. The maximum atomic E-state index is 12.6. The van der Waals surface area contributed by atoms with E-state index in [0.29, 0.717) is 22.2 Å². The second-order valence-corrected chi connectivity index (χ2v) is 7.92. The zero-order chi connectivity index (χ0) is 15.6. The van der Waals surface area contributed by atoms with E-state index in [-0.39, 0.29) is 10.9 Å². The highest BCUT2D eigenvalue weighted by atomic mass is 35.5. The van der Waals surface area contributed by atoms with Gasteiger partial charge in [-0.2, -0.15) is 0 Å². The van der Waals surface area contributed by atoms with Crippen molar-refractivity contribution in [3.05, 3.63) is 22.7 Å². The summed E-state index contributed by atoms with van der Waals surface area (Å²) in [6.45, 7) is 3.87. The third-order valence-corrected chi connectivity index (χ3v) is 6.29. The summed E-state index contributed by atoms with van der Waals surface area (Å²) < 4.78 is 28.0. The minimum Gasteiger partial charge on any atom is -0.397 e. The first-order chi connectivity index (χ1) is 9.85. The van der Waals surface area contributed by atoms with Crippen LogP contribution in [0.3, 0.4) is 0 Å². The van der Waals surface area contributed by atoms with Gasteiger partial charge in [-0.25, -0.2) is 13.1 Å². The van der Waals surface area contributed by atoms with Gasteiger partial charge in [-0.05, 0) is 43.4 Å². The van der Waals surface area contributed by atoms with Crippen LogP contribution in [-0.4, -0.2) is 14.5 Å². The van der Waals surface area contributed by atoms with Crippen LogP contribution in [0.4, 0.5) is 5.69 Å². The molecule has 2 atom stereocenters. The number of nitrogen functional groups attached to an aromatic ring is 1. The van der Waals surface area contributed by atoms with Crippen molar-refractivity contribution in [3.8, 4) is 0 Å². The van der Waals surface area contributed by atoms with Crippen molar-refractivity contribution in [2.75, 3.05) is 5.73 Å². The molecule has 0 bridgehead atoms. The van der Waals surface area contributed by atoms with Crippen LogP contribution in [0.15, 0.2) is 17.0 Å². The Morgan fingerprint density at radius 2 is 2.00 bits per heavy atom. The minimum absolute atomic E-state index is 0.0194. The molecule has 0 saturated heterocycles. The third kappa shape index (κ3) is 3.71. The monoisotopic (exact) mass is 330 g/mol. The standard InChI is InChI=1S/C15H23ClN2O2S/c1-3-11-6-4-5-7-14(11)18-21(19,20)12-8-10(2)15(16)13(17)9-12/h8-9,11,14,18H,3-7,17H2,1-2H3. The lowest BCUT2D eigenvalue weighted by Gasteiger charge is -2.31. The minimum atomic E-state index is -3.55. The molecule has 1 aliphatic rings. The summed E-state index contributed by atoms with van der Waals surface area (Å²) in [6.07, 6.45) is 5.25. The third-order valence-electron chi connectivity index (χ3n) is 4.31. The summed E-state index contributed by atoms with van der Waals surface area (Å²) in [5.74, 6) is 0.416. The van der Waals surface area contributed by atoms with Crippen molar-refractivity contribution >= 4 is 27.3 Å². The maximum Gasteiger partial charge on any atom is 0.240 e. The fourth-order valence-corrected chi connectivity index (χ4v) is 4.60. The Morgan fingerprint density at radius 3 is 2.62 bits per heavy atom. The molecule has 1 aromatic carbocycles. The van der Waals surface area contributed by atoms with Crippen molar-refractivity contribution in [3.63, 3.8) is 0 Å². The molecule has 4 nitrogen and oxygen atoms in total. The van der Waals surface area contributed by atoms with E-state index >= 15 is 0 Å². The predicted octanol–water partition coefficient (Wildman–Crippen LogP) is 3.48. The van der Waals surface area contributed by atoms with E-state index in [1.54, 1.807) is 13.0 Å². The molecule has 3 N–H and O–H groups in total. The normalized spacial score (nSPS) is 23.2. The lowest BCUT2D eigenvalue weighted by atomic mass is 9.83. The van der Waals surface area contributed by atoms with Gasteiger partial charge >= 0.3 is 0 Å². The van der Waals surface area contributed by atoms with Crippen molar-refractivity contribution in [2.45, 2.75) is 56.9 Å². The summed E-state index contributed by atoms with van der Waals surface area (Å²) in [7, 11) is -3.55. The van der Waals surface area contributed by atoms with Crippen LogP contribution in [-0.2, 0) is 10.0 Å². The Hall–Kier alpha value is -0.780. The summed E-state index contributed by atoms with van der Waals surface area (Å²) in [6, 6.07) is 3.03. The fourth-order valence-electron chi connectivity index (χ4n) is 3.04. The smallest absolute Gasteiger partial charge is 0.240 e. The van der Waals surface area contributed by atoms with Gasteiger partial charge in [-0.1, -0.05) is 37.8 Å². The van der Waals surface area contributed by atoms with E-state index in [0.717, 1.165) is 25.7 Å². The van der Waals surface area contributed by atoms with E-state index < -0.39 is 10.0 Å². The number of hydrogen-bond acceptors (Lipinski definition) is 3. The molecular formula is C15H23ClN2O2S. The second-order valence-electron chi connectivity index (χ2n) is 5.82. The van der Waals surface area contributed by atoms with Gasteiger partial charge in [0.05, 0.1) is 15.6 Å². The molecule has 1 saturated carbocycles. The molecule has 21 heavy (non-hydrogen) atoms. The van der Waals surface area contributed by atoms with Gasteiger partial charge < -0.3 is 5.73 Å². The molecule has 0 radical (unpaired) electrons. The van der Waals surface area contributed by atoms with Gasteiger partial charge in [0.25, 0.3) is 0 Å². The number of aryl methyl sites for hydroxylation is 1. The Morgan fingerprint density at radius 1 is 1.33 bits per heavy atom. The Labute approximate surface area is 132 Å². The number of hydrogen-bond donors (Lipinski definition) is 2. The fraction of sp³-hybridized carbons (Fsp3) is 0.600. The maximum absolute atomic E-state index is 12.6. The Kier molecular flexibility index (Phi) is 5.17. The first kappa shape index (κ1) is 16.6. The molecule has 0 spiro atoms. The summed E-state index contributed by atoms with van der Waals surface area (Å²) in [5, 5.41) is 0.415. The van der Waals surface area contributed by atoms with Gasteiger partial charge in [-0.3, -0.25) is 0 Å². The van der Waals surface area contributed by atoms with Crippen molar-refractivity contribution in [1.82, 2.24) is 4.72 Å². The van der Waals surface area contributed by atoms with Crippen LogP contribution in [0.1, 0.15) is 44.6 Å². The summed E-state index contributed by atoms with van der Waals surface area (Å²) in [4.78, 5) is 0.197. The van der Waals surface area contributed by atoms with Crippen molar-refractivity contribution in [1.29, 1.82) is 0 Å². The van der Waals surface area contributed by atoms with E-state index in [9.17, 15) is 8.42 Å². The topological polar surface area (TPSA) is 72.2 Å².